The van der Waals surface area contributed by atoms with Crippen LogP contribution in [0, 0.1) is 0 Å². The molecule has 3 rings (SSSR count). The lowest BCUT2D eigenvalue weighted by molar-refractivity contribution is 0.569. The summed E-state index contributed by atoms with van der Waals surface area (Å²) in [6.45, 7) is 1.52. The number of para-hydroxylation sites is 1. The maximum Gasteiger partial charge on any atom is 0.347 e. The molecule has 0 N–H and O–H groups in total. The lowest BCUT2D eigenvalue weighted by atomic mass is 10.2. The topological polar surface area (TPSA) is 82.2 Å². The Morgan fingerprint density at radius 1 is 1.26 bits per heavy atom. The zero-order valence-corrected chi connectivity index (χ0v) is 10.8. The summed E-state index contributed by atoms with van der Waals surface area (Å²) in [6, 6.07) is 6.88. The van der Waals surface area contributed by atoms with E-state index >= 15 is 0 Å². The second kappa shape index (κ2) is 3.92. The Morgan fingerprint density at radius 2 is 2.00 bits per heavy atom. The minimum absolute atomic E-state index is 0.0930. The Labute approximate surface area is 108 Å². The molecule has 2 aromatic heterocycles. The molecule has 0 aliphatic rings. The van der Waals surface area contributed by atoms with Gasteiger partial charge in [-0.15, -0.1) is 0 Å². The third-order valence-electron chi connectivity index (χ3n) is 2.91. The number of rotatable bonds is 2. The third-order valence-corrected chi connectivity index (χ3v) is 4.39. The van der Waals surface area contributed by atoms with Crippen molar-refractivity contribution in [3.05, 3.63) is 40.9 Å². The van der Waals surface area contributed by atoms with Crippen molar-refractivity contribution < 1.29 is 12.8 Å². The minimum atomic E-state index is -3.52. The molecule has 0 saturated heterocycles. The Morgan fingerprint density at radius 3 is 2.74 bits per heavy atom. The van der Waals surface area contributed by atoms with E-state index in [0.717, 1.165) is 4.09 Å². The molecule has 0 aliphatic carbocycles. The summed E-state index contributed by atoms with van der Waals surface area (Å²) in [5, 5.41) is 4.79. The zero-order chi connectivity index (χ0) is 13.6. The molecule has 0 aliphatic heterocycles. The molecule has 0 amide bonds. The van der Waals surface area contributed by atoms with Crippen LogP contribution in [0.2, 0.25) is 0 Å². The van der Waals surface area contributed by atoms with E-state index in [1.54, 1.807) is 24.3 Å². The van der Waals surface area contributed by atoms with Gasteiger partial charge in [0.25, 0.3) is 10.0 Å². The van der Waals surface area contributed by atoms with Gasteiger partial charge in [0.2, 0.25) is 0 Å². The molecule has 3 aromatic rings. The van der Waals surface area contributed by atoms with Gasteiger partial charge in [-0.1, -0.05) is 12.1 Å². The van der Waals surface area contributed by atoms with Crippen molar-refractivity contribution in [2.45, 2.75) is 6.92 Å². The number of hydrogen-bond acceptors (Lipinski definition) is 5. The molecule has 6 nitrogen and oxygen atoms in total. The van der Waals surface area contributed by atoms with Crippen molar-refractivity contribution in [3.63, 3.8) is 0 Å². The van der Waals surface area contributed by atoms with E-state index < -0.39 is 15.6 Å². The van der Waals surface area contributed by atoms with Crippen LogP contribution in [-0.2, 0) is 10.0 Å². The molecule has 0 fully saturated rings. The van der Waals surface area contributed by atoms with Gasteiger partial charge in [-0.2, -0.15) is 9.19 Å². The van der Waals surface area contributed by atoms with Crippen LogP contribution in [0.1, 0.15) is 6.92 Å². The molecular weight excluding hydrogens is 268 g/mol. The summed E-state index contributed by atoms with van der Waals surface area (Å²) in [5.74, 6) is -0.0930. The van der Waals surface area contributed by atoms with E-state index in [9.17, 15) is 13.2 Å². The summed E-state index contributed by atoms with van der Waals surface area (Å²) in [4.78, 5) is 11.8. The Balaban J connectivity index is 2.49. The average Bonchev–Trinajstić information content (AvgIpc) is 2.85. The summed E-state index contributed by atoms with van der Waals surface area (Å²) < 4.78 is 29.5. The van der Waals surface area contributed by atoms with Gasteiger partial charge in [-0.05, 0) is 19.1 Å². The van der Waals surface area contributed by atoms with Crippen molar-refractivity contribution >= 4 is 31.9 Å². The van der Waals surface area contributed by atoms with E-state index in [-0.39, 0.29) is 11.1 Å². The molecule has 0 radical (unpaired) electrons. The molecule has 0 atom stereocenters. The fourth-order valence-corrected chi connectivity index (χ4v) is 2.62. The first-order valence-electron chi connectivity index (χ1n) is 5.67. The van der Waals surface area contributed by atoms with Crippen molar-refractivity contribution in [2.75, 3.05) is 5.75 Å². The maximum absolute atomic E-state index is 11.8. The lowest BCUT2D eigenvalue weighted by Gasteiger charge is -1.98. The van der Waals surface area contributed by atoms with Crippen molar-refractivity contribution in [1.29, 1.82) is 0 Å². The van der Waals surface area contributed by atoms with E-state index in [4.69, 9.17) is 4.42 Å². The SMILES string of the molecule is CCS(=O)(=O)n1cc2c(=O)oc3ccccc3c2n1. The lowest BCUT2D eigenvalue weighted by Crippen LogP contribution is -2.15. The summed E-state index contributed by atoms with van der Waals surface area (Å²) in [5.41, 5.74) is 0.134. The first-order chi connectivity index (χ1) is 9.03. The average molecular weight is 278 g/mol. The zero-order valence-electron chi connectivity index (χ0n) is 10.0. The predicted octanol–water partition coefficient (Wildman–Crippen LogP) is 1.34. The quantitative estimate of drug-likeness (QED) is 0.661. The van der Waals surface area contributed by atoms with Crippen LogP contribution >= 0.6 is 0 Å². The molecule has 0 saturated carbocycles. The minimum Gasteiger partial charge on any atom is -0.422 e. The molecule has 2 heterocycles. The summed E-state index contributed by atoms with van der Waals surface area (Å²) in [6.07, 6.45) is 1.20. The smallest absolute Gasteiger partial charge is 0.347 e. The Hall–Kier alpha value is -2.15. The molecule has 0 spiro atoms. The largest absolute Gasteiger partial charge is 0.422 e. The number of nitrogens with zero attached hydrogens (tertiary/aromatic N) is 2. The highest BCUT2D eigenvalue weighted by Gasteiger charge is 2.17. The van der Waals surface area contributed by atoms with Gasteiger partial charge in [-0.3, -0.25) is 0 Å². The van der Waals surface area contributed by atoms with Gasteiger partial charge in [0, 0.05) is 5.39 Å². The fraction of sp³-hybridized carbons (Fsp3) is 0.167. The van der Waals surface area contributed by atoms with Crippen molar-refractivity contribution in [3.8, 4) is 0 Å². The molecule has 0 unspecified atom stereocenters. The van der Waals surface area contributed by atoms with Gasteiger partial charge in [-0.25, -0.2) is 13.2 Å². The van der Waals surface area contributed by atoms with Crippen LogP contribution in [0.15, 0.2) is 39.7 Å². The van der Waals surface area contributed by atoms with E-state index in [1.165, 1.54) is 13.1 Å². The van der Waals surface area contributed by atoms with Crippen LogP contribution < -0.4 is 5.63 Å². The first-order valence-corrected chi connectivity index (χ1v) is 7.28. The van der Waals surface area contributed by atoms with Gasteiger partial charge in [0.15, 0.2) is 0 Å². The van der Waals surface area contributed by atoms with E-state index in [0.29, 0.717) is 16.5 Å². The van der Waals surface area contributed by atoms with E-state index in [2.05, 4.69) is 5.10 Å². The molecule has 0 bridgehead atoms. The second-order valence-corrected chi connectivity index (χ2v) is 6.17. The molecule has 98 valence electrons. The van der Waals surface area contributed by atoms with Gasteiger partial charge < -0.3 is 4.42 Å². The number of benzene rings is 1. The van der Waals surface area contributed by atoms with Gasteiger partial charge in [0.05, 0.1) is 11.9 Å². The fourth-order valence-electron chi connectivity index (χ4n) is 1.88. The predicted molar refractivity (Wildman–Crippen MR) is 70.6 cm³/mol. The molecule has 1 aromatic carbocycles. The Kier molecular flexibility index (Phi) is 2.46. The van der Waals surface area contributed by atoms with Gasteiger partial charge in [0.1, 0.15) is 16.5 Å². The highest BCUT2D eigenvalue weighted by atomic mass is 32.2. The summed E-state index contributed by atoms with van der Waals surface area (Å²) in [7, 11) is -3.52. The van der Waals surface area contributed by atoms with E-state index in [1.807, 2.05) is 0 Å². The normalized spacial score (nSPS) is 12.3. The molecule has 7 heteroatoms. The number of aromatic nitrogens is 2. The molecular formula is C12H10N2O4S. The first kappa shape index (κ1) is 11.9. The van der Waals surface area contributed by atoms with Crippen LogP contribution in [0.25, 0.3) is 21.9 Å². The second-order valence-electron chi connectivity index (χ2n) is 4.05. The summed E-state index contributed by atoms with van der Waals surface area (Å²) >= 11 is 0. The maximum atomic E-state index is 11.8. The van der Waals surface area contributed by atoms with Crippen LogP contribution in [0.4, 0.5) is 0 Å². The monoisotopic (exact) mass is 278 g/mol. The highest BCUT2D eigenvalue weighted by molar-refractivity contribution is 7.89. The van der Waals surface area contributed by atoms with Crippen molar-refractivity contribution in [2.24, 2.45) is 0 Å². The van der Waals surface area contributed by atoms with Gasteiger partial charge >= 0.3 is 5.63 Å². The Bertz CT molecular complexity index is 937. The highest BCUT2D eigenvalue weighted by Crippen LogP contribution is 2.21. The number of hydrogen-bond donors (Lipinski definition) is 0. The number of fused-ring (bicyclic) bond motifs is 3. The van der Waals surface area contributed by atoms with Crippen LogP contribution in [-0.4, -0.2) is 23.4 Å². The third kappa shape index (κ3) is 1.74. The standard InChI is InChI=1S/C12H10N2O4S/c1-2-19(16,17)14-7-9-11(13-14)8-5-3-4-6-10(8)18-12(9)15/h3-7H,2H2,1H3. The molecule has 19 heavy (non-hydrogen) atoms. The van der Waals surface area contributed by atoms with Crippen LogP contribution in [0.3, 0.4) is 0 Å². The van der Waals surface area contributed by atoms with Crippen LogP contribution in [0.5, 0.6) is 0 Å². The van der Waals surface area contributed by atoms with Crippen molar-refractivity contribution in [1.82, 2.24) is 9.19 Å².